The summed E-state index contributed by atoms with van der Waals surface area (Å²) in [6.07, 6.45) is 5.81. The van der Waals surface area contributed by atoms with Crippen molar-refractivity contribution in [1.82, 2.24) is 4.98 Å². The molecule has 3 aromatic rings. The van der Waals surface area contributed by atoms with Crippen molar-refractivity contribution in [2.45, 2.75) is 68.9 Å². The molecule has 2 aromatic carbocycles. The highest BCUT2D eigenvalue weighted by Crippen LogP contribution is 2.36. The van der Waals surface area contributed by atoms with Gasteiger partial charge in [0.05, 0.1) is 5.56 Å². The van der Waals surface area contributed by atoms with E-state index in [1.165, 1.54) is 18.3 Å². The number of pyridine rings is 1. The number of aromatic nitrogens is 1. The zero-order chi connectivity index (χ0) is 28.6. The average molecular weight is 560 g/mol. The second-order valence-electron chi connectivity index (χ2n) is 10.2. The molecule has 0 spiro atoms. The minimum absolute atomic E-state index is 0.0609. The van der Waals surface area contributed by atoms with Crippen molar-refractivity contribution in [3.8, 4) is 6.07 Å². The van der Waals surface area contributed by atoms with Gasteiger partial charge in [0.25, 0.3) is 10.0 Å². The maximum absolute atomic E-state index is 13.1. The molecule has 0 saturated carbocycles. The van der Waals surface area contributed by atoms with E-state index in [1.807, 2.05) is 49.4 Å². The Balaban J connectivity index is 1.33. The second-order valence-corrected chi connectivity index (χ2v) is 11.9. The zero-order valence-electron chi connectivity index (χ0n) is 22.5. The Morgan fingerprint density at radius 2 is 1.80 bits per heavy atom. The van der Waals surface area contributed by atoms with Gasteiger partial charge in [-0.05, 0) is 73.9 Å². The lowest BCUT2D eigenvalue weighted by Gasteiger charge is -2.39. The minimum atomic E-state index is -3.92. The number of nitrogens with zero attached hydrogens (tertiary/aromatic N) is 2. The summed E-state index contributed by atoms with van der Waals surface area (Å²) < 4.78 is 33.9. The van der Waals surface area contributed by atoms with E-state index in [2.05, 4.69) is 9.71 Å². The summed E-state index contributed by atoms with van der Waals surface area (Å²) in [5, 5.41) is 8.70. The van der Waals surface area contributed by atoms with Crippen LogP contribution in [0.1, 0.15) is 62.1 Å². The second kappa shape index (κ2) is 12.9. The molecule has 208 valence electrons. The van der Waals surface area contributed by atoms with Crippen molar-refractivity contribution < 1.29 is 22.7 Å². The van der Waals surface area contributed by atoms with Gasteiger partial charge in [-0.3, -0.25) is 14.3 Å². The van der Waals surface area contributed by atoms with E-state index in [-0.39, 0.29) is 22.8 Å². The molecular formula is C31H33N3O5S. The lowest BCUT2D eigenvalue weighted by Crippen LogP contribution is -2.48. The van der Waals surface area contributed by atoms with Crippen LogP contribution in [0.15, 0.2) is 78.0 Å². The molecule has 2 heterocycles. The molecule has 0 bridgehead atoms. The number of hydrogen-bond donors (Lipinski definition) is 1. The normalized spacial score (nSPS) is 19.1. The first-order valence-electron chi connectivity index (χ1n) is 13.5. The van der Waals surface area contributed by atoms with Crippen LogP contribution in [0, 0.1) is 17.2 Å². The summed E-state index contributed by atoms with van der Waals surface area (Å²) in [6.45, 7) is 2.03. The lowest BCUT2D eigenvalue weighted by atomic mass is 9.79. The fourth-order valence-corrected chi connectivity index (χ4v) is 6.14. The molecule has 9 heteroatoms. The summed E-state index contributed by atoms with van der Waals surface area (Å²) in [6, 6.07) is 21.5. The van der Waals surface area contributed by atoms with E-state index in [1.54, 1.807) is 18.2 Å². The molecule has 1 aliphatic rings. The fraction of sp³-hybridized carbons (Fsp3) is 0.355. The number of cyclic esters (lactones) is 1. The molecule has 8 nitrogen and oxygen atoms in total. The van der Waals surface area contributed by atoms with Crippen LogP contribution in [0.4, 0.5) is 5.69 Å². The SMILES string of the molecule is CCCC1(CCc2ccccc2)CC(=O)C(CCCc2cccc(NS(=O)(=O)c3ccc(C#N)cn3)c2)C(=O)O1. The summed E-state index contributed by atoms with van der Waals surface area (Å²) in [5.74, 6) is -1.27. The summed E-state index contributed by atoms with van der Waals surface area (Å²) >= 11 is 0. The molecule has 0 amide bonds. The highest BCUT2D eigenvalue weighted by atomic mass is 32.2. The first-order valence-corrected chi connectivity index (χ1v) is 15.0. The van der Waals surface area contributed by atoms with Gasteiger partial charge in [-0.25, -0.2) is 4.98 Å². The average Bonchev–Trinajstić information content (AvgIpc) is 2.94. The van der Waals surface area contributed by atoms with Gasteiger partial charge >= 0.3 is 5.97 Å². The monoisotopic (exact) mass is 559 g/mol. The van der Waals surface area contributed by atoms with Crippen molar-refractivity contribution in [1.29, 1.82) is 5.26 Å². The Kier molecular flexibility index (Phi) is 9.33. The Morgan fingerprint density at radius 1 is 1.02 bits per heavy atom. The number of hydrogen-bond acceptors (Lipinski definition) is 7. The number of esters is 1. The molecule has 0 radical (unpaired) electrons. The number of benzene rings is 2. The van der Waals surface area contributed by atoms with E-state index in [0.29, 0.717) is 37.8 Å². The molecule has 1 N–H and O–H groups in total. The predicted octanol–water partition coefficient (Wildman–Crippen LogP) is 5.38. The number of anilines is 1. The van der Waals surface area contributed by atoms with E-state index in [0.717, 1.165) is 24.0 Å². The number of sulfonamides is 1. The molecule has 1 aliphatic heterocycles. The van der Waals surface area contributed by atoms with Gasteiger partial charge in [-0.1, -0.05) is 55.8 Å². The predicted molar refractivity (Wildman–Crippen MR) is 151 cm³/mol. The van der Waals surface area contributed by atoms with Gasteiger partial charge < -0.3 is 4.74 Å². The number of nitriles is 1. The van der Waals surface area contributed by atoms with Crippen molar-refractivity contribution in [3.63, 3.8) is 0 Å². The third-order valence-electron chi connectivity index (χ3n) is 7.18. The van der Waals surface area contributed by atoms with E-state index >= 15 is 0 Å². The van der Waals surface area contributed by atoms with Gasteiger partial charge in [-0.2, -0.15) is 13.7 Å². The summed E-state index contributed by atoms with van der Waals surface area (Å²) in [7, 11) is -3.92. The first kappa shape index (κ1) is 29.0. The molecule has 1 saturated heterocycles. The molecule has 1 aromatic heterocycles. The number of ether oxygens (including phenoxy) is 1. The highest BCUT2D eigenvalue weighted by Gasteiger charge is 2.45. The number of Topliss-reactive ketones (excluding diaryl/α,β-unsaturated/α-hetero) is 1. The molecule has 2 atom stereocenters. The number of carbonyl (C=O) groups is 2. The third kappa shape index (κ3) is 7.33. The summed E-state index contributed by atoms with van der Waals surface area (Å²) in [5.41, 5.74) is 1.92. The minimum Gasteiger partial charge on any atom is -0.458 e. The molecule has 4 rings (SSSR count). The van der Waals surface area contributed by atoms with Crippen LogP contribution in [0.2, 0.25) is 0 Å². The third-order valence-corrected chi connectivity index (χ3v) is 8.48. The largest absolute Gasteiger partial charge is 0.458 e. The van der Waals surface area contributed by atoms with Crippen molar-refractivity contribution in [2.24, 2.45) is 5.92 Å². The lowest BCUT2D eigenvalue weighted by molar-refractivity contribution is -0.179. The Labute approximate surface area is 235 Å². The van der Waals surface area contributed by atoms with E-state index < -0.39 is 27.5 Å². The van der Waals surface area contributed by atoms with Gasteiger partial charge in [0.15, 0.2) is 10.8 Å². The number of ketones is 1. The Hall–Kier alpha value is -4.03. The summed E-state index contributed by atoms with van der Waals surface area (Å²) in [4.78, 5) is 30.0. The number of nitrogens with one attached hydrogen (secondary N) is 1. The Morgan fingerprint density at radius 3 is 2.48 bits per heavy atom. The van der Waals surface area contributed by atoms with Crippen LogP contribution in [-0.2, 0) is 37.2 Å². The number of carbonyl (C=O) groups excluding carboxylic acids is 2. The molecule has 2 unspecified atom stereocenters. The fourth-order valence-electron chi connectivity index (χ4n) is 5.16. The van der Waals surface area contributed by atoms with Gasteiger partial charge in [0, 0.05) is 18.3 Å². The number of aryl methyl sites for hydroxylation is 2. The maximum atomic E-state index is 13.1. The molecule has 0 aliphatic carbocycles. The number of rotatable bonds is 12. The quantitative estimate of drug-likeness (QED) is 0.233. The van der Waals surface area contributed by atoms with Crippen LogP contribution in [-0.4, -0.2) is 30.8 Å². The highest BCUT2D eigenvalue weighted by molar-refractivity contribution is 7.92. The molecular weight excluding hydrogens is 526 g/mol. The van der Waals surface area contributed by atoms with Gasteiger partial charge in [-0.15, -0.1) is 0 Å². The maximum Gasteiger partial charge on any atom is 0.317 e. The topological polar surface area (TPSA) is 126 Å². The zero-order valence-corrected chi connectivity index (χ0v) is 23.3. The van der Waals surface area contributed by atoms with Crippen molar-refractivity contribution >= 4 is 27.5 Å². The van der Waals surface area contributed by atoms with Crippen LogP contribution >= 0.6 is 0 Å². The van der Waals surface area contributed by atoms with E-state index in [9.17, 15) is 18.0 Å². The Bertz CT molecular complexity index is 1460. The van der Waals surface area contributed by atoms with Crippen molar-refractivity contribution in [2.75, 3.05) is 4.72 Å². The van der Waals surface area contributed by atoms with Crippen LogP contribution in [0.3, 0.4) is 0 Å². The van der Waals surface area contributed by atoms with Gasteiger partial charge in [0.2, 0.25) is 0 Å². The van der Waals surface area contributed by atoms with E-state index in [4.69, 9.17) is 10.00 Å². The van der Waals surface area contributed by atoms with Crippen LogP contribution < -0.4 is 4.72 Å². The van der Waals surface area contributed by atoms with Crippen LogP contribution in [0.25, 0.3) is 0 Å². The van der Waals surface area contributed by atoms with Gasteiger partial charge in [0.1, 0.15) is 17.6 Å². The first-order chi connectivity index (χ1) is 19.2. The van der Waals surface area contributed by atoms with Crippen LogP contribution in [0.5, 0.6) is 0 Å². The smallest absolute Gasteiger partial charge is 0.317 e. The molecule has 40 heavy (non-hydrogen) atoms. The molecule has 1 fully saturated rings. The standard InChI is InChI=1S/C31H33N3O5S/c1-2-17-31(18-16-23-8-4-3-5-9-23)20-28(35)27(30(36)39-31)13-7-11-24-10-6-12-26(19-24)34-40(37,38)29-15-14-25(21-32)22-33-29/h3-6,8-10,12,14-15,19,22,27,34H,2,7,11,13,16-18,20H2,1H3. The van der Waals surface area contributed by atoms with Crippen molar-refractivity contribution in [3.05, 3.63) is 89.6 Å².